The van der Waals surface area contributed by atoms with Crippen LogP contribution in [0, 0.1) is 17.8 Å². The molecule has 5 atom stereocenters. The van der Waals surface area contributed by atoms with E-state index in [4.69, 9.17) is 4.74 Å². The van der Waals surface area contributed by atoms with Gasteiger partial charge in [-0.3, -0.25) is 19.3 Å². The Morgan fingerprint density at radius 2 is 1.50 bits per heavy atom. The molecule has 0 aliphatic rings. The molecule has 7 heteroatoms. The zero-order chi connectivity index (χ0) is 23.8. The van der Waals surface area contributed by atoms with E-state index in [0.29, 0.717) is 0 Å². The van der Waals surface area contributed by atoms with Gasteiger partial charge >= 0.3 is 0 Å². The summed E-state index contributed by atoms with van der Waals surface area (Å²) >= 11 is 0. The van der Waals surface area contributed by atoms with Crippen LogP contribution in [0.25, 0.3) is 0 Å². The maximum atomic E-state index is 13.5. The quantitative estimate of drug-likeness (QED) is 0.489. The fourth-order valence-electron chi connectivity index (χ4n) is 4.12. The van der Waals surface area contributed by atoms with Gasteiger partial charge in [0.05, 0.1) is 18.2 Å². The Kier molecular flexibility index (Phi) is 12.4. The average molecular weight is 428 g/mol. The number of nitrogens with one attached hydrogen (secondary N) is 1. The van der Waals surface area contributed by atoms with E-state index in [2.05, 4.69) is 19.2 Å². The largest absolute Gasteiger partial charge is 0.379 e. The molecule has 176 valence electrons. The Balaban J connectivity index is 5.80. The van der Waals surface area contributed by atoms with Crippen molar-refractivity contribution in [3.8, 4) is 0 Å². The van der Waals surface area contributed by atoms with Crippen LogP contribution in [-0.2, 0) is 19.1 Å². The highest BCUT2D eigenvalue weighted by molar-refractivity contribution is 5.90. The molecule has 0 fully saturated rings. The summed E-state index contributed by atoms with van der Waals surface area (Å²) in [4.78, 5) is 41.8. The Morgan fingerprint density at radius 1 is 0.967 bits per heavy atom. The first kappa shape index (κ1) is 28.5. The molecule has 30 heavy (non-hydrogen) atoms. The van der Waals surface area contributed by atoms with Gasteiger partial charge in [0.2, 0.25) is 11.8 Å². The predicted octanol–water partition coefficient (Wildman–Crippen LogP) is 2.58. The summed E-state index contributed by atoms with van der Waals surface area (Å²) in [6.45, 7) is 13.5. The smallest absolute Gasteiger partial charge is 0.245 e. The third kappa shape index (κ3) is 7.99. The zero-order valence-electron chi connectivity index (χ0n) is 21.0. The van der Waals surface area contributed by atoms with Crippen molar-refractivity contribution in [3.63, 3.8) is 0 Å². The van der Waals surface area contributed by atoms with Crippen LogP contribution < -0.4 is 5.32 Å². The van der Waals surface area contributed by atoms with Crippen molar-refractivity contribution in [3.05, 3.63) is 0 Å². The molecule has 1 N–H and O–H groups in total. The van der Waals surface area contributed by atoms with Crippen LogP contribution in [0.2, 0.25) is 0 Å². The van der Waals surface area contributed by atoms with E-state index in [9.17, 15) is 14.4 Å². The third-order valence-corrected chi connectivity index (χ3v) is 5.88. The van der Waals surface area contributed by atoms with Crippen LogP contribution in [0.1, 0.15) is 61.3 Å². The molecule has 2 unspecified atom stereocenters. The summed E-state index contributed by atoms with van der Waals surface area (Å²) in [5, 5.41) is 2.99. The zero-order valence-corrected chi connectivity index (χ0v) is 21.0. The highest BCUT2D eigenvalue weighted by Gasteiger charge is 2.38. The van der Waals surface area contributed by atoms with E-state index < -0.39 is 6.04 Å². The number of ketones is 1. The van der Waals surface area contributed by atoms with Crippen molar-refractivity contribution in [2.75, 3.05) is 28.3 Å². The molecule has 0 aliphatic carbocycles. The molecule has 0 aromatic rings. The molecule has 0 saturated carbocycles. The second-order valence-electron chi connectivity index (χ2n) is 9.39. The van der Waals surface area contributed by atoms with Crippen molar-refractivity contribution in [2.24, 2.45) is 17.8 Å². The van der Waals surface area contributed by atoms with Gasteiger partial charge in [0.25, 0.3) is 0 Å². The number of hydrogen-bond acceptors (Lipinski definition) is 5. The molecular formula is C23H45N3O4. The third-order valence-electron chi connectivity index (χ3n) is 5.88. The number of methoxy groups -OCH3 is 1. The van der Waals surface area contributed by atoms with Crippen molar-refractivity contribution in [2.45, 2.75) is 85.5 Å². The summed E-state index contributed by atoms with van der Waals surface area (Å²) < 4.78 is 5.63. The number of carbonyl (C=O) groups excluding carboxylic acids is 3. The average Bonchev–Trinajstić information content (AvgIpc) is 2.63. The molecule has 0 spiro atoms. The minimum Gasteiger partial charge on any atom is -0.379 e. The van der Waals surface area contributed by atoms with Crippen molar-refractivity contribution in [1.82, 2.24) is 15.1 Å². The number of ether oxygens (including phenoxy) is 1. The number of carbonyl (C=O) groups is 3. The van der Waals surface area contributed by atoms with Crippen molar-refractivity contribution < 1.29 is 19.1 Å². The van der Waals surface area contributed by atoms with Crippen LogP contribution in [0.3, 0.4) is 0 Å². The van der Waals surface area contributed by atoms with Gasteiger partial charge < -0.3 is 15.0 Å². The number of nitrogens with zero attached hydrogens (tertiary/aromatic N) is 2. The highest BCUT2D eigenvalue weighted by Crippen LogP contribution is 2.23. The van der Waals surface area contributed by atoms with Gasteiger partial charge in [0.15, 0.2) is 0 Å². The first-order valence-electron chi connectivity index (χ1n) is 11.1. The van der Waals surface area contributed by atoms with Crippen LogP contribution in [0.15, 0.2) is 0 Å². The summed E-state index contributed by atoms with van der Waals surface area (Å²) in [5.41, 5.74) is 0. The molecule has 0 aromatic heterocycles. The lowest BCUT2D eigenvalue weighted by Gasteiger charge is -2.40. The maximum absolute atomic E-state index is 13.5. The minimum absolute atomic E-state index is 0.0236. The summed E-state index contributed by atoms with van der Waals surface area (Å²) in [6, 6.07) is -1.23. The highest BCUT2D eigenvalue weighted by atomic mass is 16.5. The molecule has 0 bridgehead atoms. The Labute approximate surface area is 183 Å². The van der Waals surface area contributed by atoms with Gasteiger partial charge in [-0.15, -0.1) is 0 Å². The van der Waals surface area contributed by atoms with E-state index in [-0.39, 0.29) is 60.0 Å². The monoisotopic (exact) mass is 427 g/mol. The summed E-state index contributed by atoms with van der Waals surface area (Å²) in [5.74, 6) is -0.113. The molecule has 0 heterocycles. The molecule has 7 nitrogen and oxygen atoms in total. The van der Waals surface area contributed by atoms with Crippen LogP contribution >= 0.6 is 0 Å². The number of Topliss-reactive ketones (excluding diaryl/α,β-unsaturated/α-hetero) is 1. The Bertz CT molecular complexity index is 555. The second-order valence-corrected chi connectivity index (χ2v) is 9.39. The van der Waals surface area contributed by atoms with Crippen LogP contribution in [-0.4, -0.2) is 79.9 Å². The van der Waals surface area contributed by atoms with E-state index in [1.807, 2.05) is 46.7 Å². The fourth-order valence-corrected chi connectivity index (χ4v) is 4.12. The van der Waals surface area contributed by atoms with Gasteiger partial charge in [0, 0.05) is 20.6 Å². The fraction of sp³-hybridized carbons (Fsp3) is 0.870. The number of rotatable bonds is 13. The molecule has 0 saturated heterocycles. The van der Waals surface area contributed by atoms with E-state index in [1.165, 1.54) is 6.92 Å². The lowest BCUT2D eigenvalue weighted by Crippen LogP contribution is -2.59. The molecule has 0 aliphatic heterocycles. The second kappa shape index (κ2) is 13.1. The van der Waals surface area contributed by atoms with Gasteiger partial charge in [-0.1, -0.05) is 48.0 Å². The van der Waals surface area contributed by atoms with Crippen molar-refractivity contribution in [1.29, 1.82) is 0 Å². The van der Waals surface area contributed by atoms with Crippen LogP contribution in [0.4, 0.5) is 0 Å². The number of hydrogen-bond donors (Lipinski definition) is 1. The van der Waals surface area contributed by atoms with Gasteiger partial charge in [0.1, 0.15) is 11.8 Å². The van der Waals surface area contributed by atoms with E-state index in [1.54, 1.807) is 19.1 Å². The van der Waals surface area contributed by atoms with E-state index >= 15 is 0 Å². The molecule has 0 radical (unpaired) electrons. The molecule has 2 amide bonds. The molecular weight excluding hydrogens is 382 g/mol. The molecule has 0 aromatic carbocycles. The standard InChI is InChI=1S/C23H45N3O4/c1-12-16(6)21(18(30-11)13-17(7)27)26(10)23(29)19(14(2)3)24-22(28)20(15(4)5)25(8)9/h14-16,18-21H,12-13H2,1-11H3,(H,24,28)/t16?,18?,19-,20-,21-/m0/s1. The lowest BCUT2D eigenvalue weighted by atomic mass is 9.89. The number of likely N-dealkylation sites (N-methyl/N-ethyl adjacent to an activating group) is 2. The lowest BCUT2D eigenvalue weighted by molar-refractivity contribution is -0.144. The predicted molar refractivity (Wildman–Crippen MR) is 121 cm³/mol. The van der Waals surface area contributed by atoms with Gasteiger partial charge in [-0.25, -0.2) is 0 Å². The van der Waals surface area contributed by atoms with Gasteiger partial charge in [-0.05, 0) is 38.8 Å². The topological polar surface area (TPSA) is 79.0 Å². The normalized spacial score (nSPS) is 16.9. The summed E-state index contributed by atoms with van der Waals surface area (Å²) in [6.07, 6.45) is 0.701. The minimum atomic E-state index is -0.648. The summed E-state index contributed by atoms with van der Waals surface area (Å²) in [7, 11) is 7.06. The van der Waals surface area contributed by atoms with Crippen molar-refractivity contribution >= 4 is 17.6 Å². The van der Waals surface area contributed by atoms with Gasteiger partial charge in [-0.2, -0.15) is 0 Å². The Morgan fingerprint density at radius 3 is 1.83 bits per heavy atom. The molecule has 0 rings (SSSR count). The SMILES string of the molecule is CCC(C)[C@@H](C(CC(C)=O)OC)N(C)C(=O)[C@@H](NC(=O)[C@H](C(C)C)N(C)C)C(C)C. The first-order valence-corrected chi connectivity index (χ1v) is 11.1. The van der Waals surface area contributed by atoms with Crippen LogP contribution in [0.5, 0.6) is 0 Å². The number of amides is 2. The maximum Gasteiger partial charge on any atom is 0.245 e. The first-order chi connectivity index (χ1) is 13.8. The van der Waals surface area contributed by atoms with E-state index in [0.717, 1.165) is 6.42 Å². The Hall–Kier alpha value is -1.47.